The number of carbonyl (C=O) groups excluding carboxylic acids is 1. The molecule has 0 aromatic rings. The lowest BCUT2D eigenvalue weighted by molar-refractivity contribution is -0.127. The highest BCUT2D eigenvalue weighted by molar-refractivity contribution is 5.87. The molecule has 0 aliphatic carbocycles. The van der Waals surface area contributed by atoms with E-state index < -0.39 is 0 Å². The van der Waals surface area contributed by atoms with Gasteiger partial charge < -0.3 is 9.64 Å². The molecule has 1 heterocycles. The normalized spacial score (nSPS) is 22.8. The minimum absolute atomic E-state index is 0.00852. The van der Waals surface area contributed by atoms with Gasteiger partial charge >= 0.3 is 0 Å². The molecule has 1 radical (unpaired) electrons. The Morgan fingerprint density at radius 2 is 2.67 bits per heavy atom. The van der Waals surface area contributed by atoms with Crippen LogP contribution < -0.4 is 0 Å². The van der Waals surface area contributed by atoms with Crippen molar-refractivity contribution in [3.05, 3.63) is 19.1 Å². The van der Waals surface area contributed by atoms with Crippen molar-refractivity contribution in [1.82, 2.24) is 4.90 Å². The van der Waals surface area contributed by atoms with Crippen LogP contribution in [0.1, 0.15) is 6.42 Å². The van der Waals surface area contributed by atoms with Crippen LogP contribution in [0.2, 0.25) is 0 Å². The highest BCUT2D eigenvalue weighted by Gasteiger charge is 2.26. The van der Waals surface area contributed by atoms with Crippen molar-refractivity contribution in [1.29, 1.82) is 0 Å². The minimum Gasteiger partial charge on any atom is -0.383 e. The second kappa shape index (κ2) is 4.26. The molecular weight excluding hydrogens is 154 g/mol. The Balaban J connectivity index is 2.51. The average Bonchev–Trinajstić information content (AvgIpc) is 2.52. The lowest BCUT2D eigenvalue weighted by Gasteiger charge is -2.22. The molecule has 1 aliphatic rings. The molecule has 1 fully saturated rings. The van der Waals surface area contributed by atoms with Gasteiger partial charge in [-0.05, 0) is 18.9 Å². The van der Waals surface area contributed by atoms with Gasteiger partial charge in [-0.15, -0.1) is 0 Å². The van der Waals surface area contributed by atoms with Gasteiger partial charge in [-0.1, -0.05) is 6.58 Å². The van der Waals surface area contributed by atoms with E-state index in [1.54, 1.807) is 12.0 Å². The summed E-state index contributed by atoms with van der Waals surface area (Å²) in [5, 5.41) is 0. The minimum atomic E-state index is -0.00852. The van der Waals surface area contributed by atoms with E-state index in [4.69, 9.17) is 4.74 Å². The number of nitrogens with zero attached hydrogens (tertiary/aromatic N) is 1. The molecular formula is C9H14NO2. The third-order valence-electron chi connectivity index (χ3n) is 2.02. The van der Waals surface area contributed by atoms with Crippen LogP contribution in [-0.4, -0.2) is 37.1 Å². The first-order valence-corrected chi connectivity index (χ1v) is 4.03. The first kappa shape index (κ1) is 9.26. The molecule has 1 amide bonds. The molecule has 1 saturated heterocycles. The fourth-order valence-electron chi connectivity index (χ4n) is 1.42. The molecule has 0 spiro atoms. The maximum absolute atomic E-state index is 11.2. The van der Waals surface area contributed by atoms with E-state index in [2.05, 4.69) is 13.0 Å². The van der Waals surface area contributed by atoms with Gasteiger partial charge in [0.25, 0.3) is 0 Å². The van der Waals surface area contributed by atoms with E-state index >= 15 is 0 Å². The van der Waals surface area contributed by atoms with Crippen LogP contribution in [-0.2, 0) is 9.53 Å². The predicted molar refractivity (Wildman–Crippen MR) is 46.5 cm³/mol. The molecule has 1 unspecified atom stereocenters. The third-order valence-corrected chi connectivity index (χ3v) is 2.02. The number of rotatable bonds is 3. The second-order valence-corrected chi connectivity index (χ2v) is 2.83. The van der Waals surface area contributed by atoms with Crippen molar-refractivity contribution in [3.63, 3.8) is 0 Å². The molecule has 3 nitrogen and oxygen atoms in total. The third kappa shape index (κ3) is 1.85. The van der Waals surface area contributed by atoms with Crippen molar-refractivity contribution < 1.29 is 9.53 Å². The summed E-state index contributed by atoms with van der Waals surface area (Å²) in [7, 11) is 1.65. The summed E-state index contributed by atoms with van der Waals surface area (Å²) in [4.78, 5) is 13.0. The van der Waals surface area contributed by atoms with Crippen LogP contribution in [0.15, 0.2) is 12.7 Å². The fraction of sp³-hybridized carbons (Fsp3) is 0.556. The summed E-state index contributed by atoms with van der Waals surface area (Å²) < 4.78 is 5.00. The summed E-state index contributed by atoms with van der Waals surface area (Å²) in [6.45, 7) is 4.78. The molecule has 0 aromatic heterocycles. The second-order valence-electron chi connectivity index (χ2n) is 2.83. The maximum Gasteiger partial charge on any atom is 0.246 e. The molecule has 0 bridgehead atoms. The first-order valence-electron chi connectivity index (χ1n) is 4.03. The smallest absolute Gasteiger partial charge is 0.246 e. The Morgan fingerprint density at radius 1 is 1.92 bits per heavy atom. The summed E-state index contributed by atoms with van der Waals surface area (Å²) in [5.74, 6) is -0.00852. The summed E-state index contributed by atoms with van der Waals surface area (Å²) in [6.07, 6.45) is 4.36. The standard InChI is InChI=1S/C9H14NO2/c1-3-9(11)10-6-4-5-8(10)7-12-2/h3-4,8H,1,5-7H2,2H3. The molecule has 0 aromatic carbocycles. The van der Waals surface area contributed by atoms with Crippen molar-refractivity contribution >= 4 is 5.91 Å². The molecule has 1 rings (SSSR count). The molecule has 3 heteroatoms. The Labute approximate surface area is 73.0 Å². The largest absolute Gasteiger partial charge is 0.383 e. The monoisotopic (exact) mass is 168 g/mol. The van der Waals surface area contributed by atoms with Gasteiger partial charge in [-0.3, -0.25) is 4.79 Å². The lowest BCUT2D eigenvalue weighted by Crippen LogP contribution is -2.36. The van der Waals surface area contributed by atoms with Crippen LogP contribution in [0.3, 0.4) is 0 Å². The topological polar surface area (TPSA) is 29.5 Å². The SMILES string of the molecule is C=CC(=O)N1C[CH]CC1COC. The number of hydrogen-bond donors (Lipinski definition) is 0. The van der Waals surface area contributed by atoms with E-state index in [0.29, 0.717) is 6.61 Å². The Hall–Kier alpha value is -0.830. The van der Waals surface area contributed by atoms with Gasteiger partial charge in [0.15, 0.2) is 0 Å². The van der Waals surface area contributed by atoms with Crippen LogP contribution in [0, 0.1) is 6.42 Å². The Kier molecular flexibility index (Phi) is 3.29. The van der Waals surface area contributed by atoms with Gasteiger partial charge in [0.1, 0.15) is 0 Å². The lowest BCUT2D eigenvalue weighted by atomic mass is 10.2. The van der Waals surface area contributed by atoms with Crippen molar-refractivity contribution in [3.8, 4) is 0 Å². The van der Waals surface area contributed by atoms with Crippen molar-refractivity contribution in [2.24, 2.45) is 0 Å². The predicted octanol–water partition coefficient (Wildman–Crippen LogP) is 0.624. The highest BCUT2D eigenvalue weighted by atomic mass is 16.5. The number of hydrogen-bond acceptors (Lipinski definition) is 2. The molecule has 1 aliphatic heterocycles. The molecule has 1 atom stereocenters. The number of carbonyl (C=O) groups is 1. The molecule has 0 N–H and O–H groups in total. The van der Waals surface area contributed by atoms with Crippen LogP contribution in [0.4, 0.5) is 0 Å². The molecule has 0 saturated carbocycles. The van der Waals surface area contributed by atoms with E-state index in [9.17, 15) is 4.79 Å². The zero-order valence-electron chi connectivity index (χ0n) is 7.32. The first-order chi connectivity index (χ1) is 5.79. The number of amides is 1. The summed E-state index contributed by atoms with van der Waals surface area (Å²) in [5.41, 5.74) is 0. The molecule has 67 valence electrons. The molecule has 12 heavy (non-hydrogen) atoms. The van der Waals surface area contributed by atoms with E-state index in [0.717, 1.165) is 13.0 Å². The zero-order valence-corrected chi connectivity index (χ0v) is 7.32. The average molecular weight is 168 g/mol. The van der Waals surface area contributed by atoms with E-state index in [-0.39, 0.29) is 11.9 Å². The van der Waals surface area contributed by atoms with Gasteiger partial charge in [0.05, 0.1) is 12.6 Å². The zero-order chi connectivity index (χ0) is 8.97. The number of methoxy groups -OCH3 is 1. The number of ether oxygens (including phenoxy) is 1. The van der Waals surface area contributed by atoms with Gasteiger partial charge in [0.2, 0.25) is 5.91 Å². The van der Waals surface area contributed by atoms with Gasteiger partial charge in [-0.2, -0.15) is 0 Å². The van der Waals surface area contributed by atoms with Gasteiger partial charge in [-0.25, -0.2) is 0 Å². The summed E-state index contributed by atoms with van der Waals surface area (Å²) >= 11 is 0. The van der Waals surface area contributed by atoms with Crippen LogP contribution in [0.25, 0.3) is 0 Å². The quantitative estimate of drug-likeness (QED) is 0.578. The number of likely N-dealkylation sites (tertiary alicyclic amines) is 1. The van der Waals surface area contributed by atoms with E-state index in [1.807, 2.05) is 0 Å². The Bertz CT molecular complexity index is 179. The highest BCUT2D eigenvalue weighted by Crippen LogP contribution is 2.16. The maximum atomic E-state index is 11.2. The van der Waals surface area contributed by atoms with Crippen molar-refractivity contribution in [2.45, 2.75) is 12.5 Å². The van der Waals surface area contributed by atoms with Crippen LogP contribution in [0.5, 0.6) is 0 Å². The van der Waals surface area contributed by atoms with E-state index in [1.165, 1.54) is 6.08 Å². The Morgan fingerprint density at radius 3 is 3.25 bits per heavy atom. The van der Waals surface area contributed by atoms with Gasteiger partial charge in [0, 0.05) is 13.7 Å². The van der Waals surface area contributed by atoms with Crippen LogP contribution >= 0.6 is 0 Å². The fourth-order valence-corrected chi connectivity index (χ4v) is 1.42. The summed E-state index contributed by atoms with van der Waals surface area (Å²) in [6, 6.07) is 0.209. The van der Waals surface area contributed by atoms with Crippen molar-refractivity contribution in [2.75, 3.05) is 20.3 Å².